The second-order valence-corrected chi connectivity index (χ2v) is 5.50. The number of thiazole rings is 1. The smallest absolute Gasteiger partial charge is 0.237 e. The fourth-order valence-corrected chi connectivity index (χ4v) is 2.49. The molecule has 5 nitrogen and oxygen atoms in total. The highest BCUT2D eigenvalue weighted by Crippen LogP contribution is 2.12. The lowest BCUT2D eigenvalue weighted by molar-refractivity contribution is -0.122. The molecule has 1 heterocycles. The number of aromatic hydroxyl groups is 1. The number of rotatable bonds is 5. The van der Waals surface area contributed by atoms with Gasteiger partial charge in [-0.05, 0) is 31.0 Å². The third kappa shape index (κ3) is 3.79. The molecule has 2 aromatic rings. The van der Waals surface area contributed by atoms with Crippen LogP contribution in [0.2, 0.25) is 0 Å². The Bertz CT molecular complexity index is 580. The Kier molecular flexibility index (Phi) is 4.70. The minimum absolute atomic E-state index is 0.189. The number of nitrogens with two attached hydrogens (primary N) is 1. The molecular weight excluding hydrogens is 274 g/mol. The Morgan fingerprint density at radius 2 is 2.15 bits per heavy atom. The predicted octanol–water partition coefficient (Wildman–Crippen LogP) is 1.34. The summed E-state index contributed by atoms with van der Waals surface area (Å²) in [7, 11) is 0. The molecule has 1 unspecified atom stereocenters. The zero-order valence-corrected chi connectivity index (χ0v) is 12.0. The van der Waals surface area contributed by atoms with Crippen molar-refractivity contribution in [3.05, 3.63) is 45.9 Å². The van der Waals surface area contributed by atoms with E-state index in [1.165, 1.54) is 11.3 Å². The second kappa shape index (κ2) is 6.49. The molecule has 0 spiro atoms. The van der Waals surface area contributed by atoms with Gasteiger partial charge in [0, 0.05) is 4.88 Å². The van der Waals surface area contributed by atoms with Crippen molar-refractivity contribution in [2.75, 3.05) is 0 Å². The first-order valence-electron chi connectivity index (χ1n) is 6.26. The monoisotopic (exact) mass is 291 g/mol. The lowest BCUT2D eigenvalue weighted by Gasteiger charge is -2.12. The number of benzene rings is 1. The summed E-state index contributed by atoms with van der Waals surface area (Å²) < 4.78 is 0. The molecule has 1 amide bonds. The van der Waals surface area contributed by atoms with Gasteiger partial charge in [0.05, 0.1) is 23.8 Å². The maximum absolute atomic E-state index is 11.9. The number of phenols is 1. The summed E-state index contributed by atoms with van der Waals surface area (Å²) >= 11 is 1.51. The van der Waals surface area contributed by atoms with Crippen molar-refractivity contribution in [3.63, 3.8) is 0 Å². The number of nitrogens with zero attached hydrogens (tertiary/aromatic N) is 1. The van der Waals surface area contributed by atoms with Crippen LogP contribution in [0, 0.1) is 6.92 Å². The Hall–Kier alpha value is -1.92. The van der Waals surface area contributed by atoms with Crippen LogP contribution in [0.15, 0.2) is 29.8 Å². The molecule has 0 bridgehead atoms. The normalized spacial score (nSPS) is 12.1. The van der Waals surface area contributed by atoms with Gasteiger partial charge in [0.25, 0.3) is 0 Å². The number of hydrogen-bond acceptors (Lipinski definition) is 5. The molecule has 0 radical (unpaired) electrons. The van der Waals surface area contributed by atoms with E-state index in [-0.39, 0.29) is 11.7 Å². The first kappa shape index (κ1) is 14.5. The van der Waals surface area contributed by atoms with E-state index in [9.17, 15) is 9.90 Å². The van der Waals surface area contributed by atoms with Crippen molar-refractivity contribution >= 4 is 17.2 Å². The molecule has 0 aliphatic heterocycles. The molecule has 0 aliphatic carbocycles. The van der Waals surface area contributed by atoms with Gasteiger partial charge in [-0.15, -0.1) is 11.3 Å². The summed E-state index contributed by atoms with van der Waals surface area (Å²) in [6.45, 7) is 2.37. The van der Waals surface area contributed by atoms with Crippen LogP contribution in [0.25, 0.3) is 0 Å². The van der Waals surface area contributed by atoms with Crippen molar-refractivity contribution in [1.82, 2.24) is 10.3 Å². The number of hydrogen-bond donors (Lipinski definition) is 3. The highest BCUT2D eigenvalue weighted by atomic mass is 32.1. The van der Waals surface area contributed by atoms with Crippen molar-refractivity contribution < 1.29 is 9.90 Å². The van der Waals surface area contributed by atoms with Gasteiger partial charge in [-0.25, -0.2) is 4.98 Å². The molecular formula is C14H17N3O2S. The molecule has 1 aromatic heterocycles. The van der Waals surface area contributed by atoms with E-state index < -0.39 is 6.04 Å². The second-order valence-electron chi connectivity index (χ2n) is 4.56. The molecule has 106 valence electrons. The number of carbonyl (C=O) groups excluding carboxylic acids is 1. The summed E-state index contributed by atoms with van der Waals surface area (Å²) in [6, 6.07) is 6.08. The zero-order chi connectivity index (χ0) is 14.5. The van der Waals surface area contributed by atoms with Crippen molar-refractivity contribution in [2.45, 2.75) is 25.9 Å². The summed E-state index contributed by atoms with van der Waals surface area (Å²) in [4.78, 5) is 17.1. The SMILES string of the molecule is Cc1ncsc1CNC(=O)C(N)Cc1ccc(O)cc1. The van der Waals surface area contributed by atoms with Gasteiger partial charge in [-0.1, -0.05) is 12.1 Å². The molecule has 1 atom stereocenters. The van der Waals surface area contributed by atoms with Crippen molar-refractivity contribution in [3.8, 4) is 5.75 Å². The maximum atomic E-state index is 11.9. The van der Waals surface area contributed by atoms with E-state index in [1.54, 1.807) is 29.8 Å². The molecule has 4 N–H and O–H groups in total. The van der Waals surface area contributed by atoms with Gasteiger partial charge in [0.1, 0.15) is 5.75 Å². The minimum atomic E-state index is -0.604. The fraction of sp³-hybridized carbons (Fsp3) is 0.286. The van der Waals surface area contributed by atoms with Crippen LogP contribution >= 0.6 is 11.3 Å². The predicted molar refractivity (Wildman–Crippen MR) is 78.5 cm³/mol. The summed E-state index contributed by atoms with van der Waals surface area (Å²) in [6.07, 6.45) is 0.438. The summed E-state index contributed by atoms with van der Waals surface area (Å²) in [5, 5.41) is 12.0. The van der Waals surface area contributed by atoms with Crippen LogP contribution in [0.5, 0.6) is 5.75 Å². The standard InChI is InChI=1S/C14H17N3O2S/c1-9-13(20-8-17-9)7-16-14(19)12(15)6-10-2-4-11(18)5-3-10/h2-5,8,12,18H,6-7,15H2,1H3,(H,16,19). The van der Waals surface area contributed by atoms with Gasteiger partial charge in [0.2, 0.25) is 5.91 Å². The lowest BCUT2D eigenvalue weighted by Crippen LogP contribution is -2.41. The van der Waals surface area contributed by atoms with Crippen molar-refractivity contribution in [1.29, 1.82) is 0 Å². The zero-order valence-electron chi connectivity index (χ0n) is 11.2. The largest absolute Gasteiger partial charge is 0.508 e. The van der Waals surface area contributed by atoms with Crippen molar-refractivity contribution in [2.24, 2.45) is 5.73 Å². The topological polar surface area (TPSA) is 88.2 Å². The van der Waals surface area contributed by atoms with E-state index in [4.69, 9.17) is 5.73 Å². The number of carbonyl (C=O) groups is 1. The number of nitrogens with one attached hydrogen (secondary N) is 1. The van der Waals surface area contributed by atoms with Gasteiger partial charge in [-0.3, -0.25) is 4.79 Å². The molecule has 0 fully saturated rings. The van der Waals surface area contributed by atoms with Gasteiger partial charge < -0.3 is 16.2 Å². The molecule has 6 heteroatoms. The molecule has 2 rings (SSSR count). The minimum Gasteiger partial charge on any atom is -0.508 e. The average molecular weight is 291 g/mol. The highest BCUT2D eigenvalue weighted by Gasteiger charge is 2.14. The highest BCUT2D eigenvalue weighted by molar-refractivity contribution is 7.09. The first-order chi connectivity index (χ1) is 9.56. The molecule has 20 heavy (non-hydrogen) atoms. The molecule has 0 aliphatic rings. The average Bonchev–Trinajstić information content (AvgIpc) is 2.84. The third-order valence-corrected chi connectivity index (χ3v) is 3.93. The van der Waals surface area contributed by atoms with Crippen LogP contribution < -0.4 is 11.1 Å². The van der Waals surface area contributed by atoms with E-state index in [2.05, 4.69) is 10.3 Å². The van der Waals surface area contributed by atoms with E-state index >= 15 is 0 Å². The number of phenolic OH excluding ortho intramolecular Hbond substituents is 1. The fourth-order valence-electron chi connectivity index (χ4n) is 1.77. The van der Waals surface area contributed by atoms with Crippen LogP contribution in [0.3, 0.4) is 0 Å². The molecule has 1 aromatic carbocycles. The van der Waals surface area contributed by atoms with Gasteiger partial charge in [-0.2, -0.15) is 0 Å². The Labute approximate surface area is 121 Å². The maximum Gasteiger partial charge on any atom is 0.237 e. The Morgan fingerprint density at radius 1 is 1.45 bits per heavy atom. The van der Waals surface area contributed by atoms with E-state index in [0.29, 0.717) is 13.0 Å². The lowest BCUT2D eigenvalue weighted by atomic mass is 10.1. The van der Waals surface area contributed by atoms with Gasteiger partial charge in [0.15, 0.2) is 0 Å². The van der Waals surface area contributed by atoms with Crippen LogP contribution in [-0.4, -0.2) is 22.0 Å². The van der Waals surface area contributed by atoms with E-state index in [0.717, 1.165) is 16.1 Å². The Balaban J connectivity index is 1.86. The third-order valence-electron chi connectivity index (χ3n) is 3.00. The molecule has 0 saturated carbocycles. The summed E-state index contributed by atoms with van der Waals surface area (Å²) in [5.74, 6) is 0.0123. The summed E-state index contributed by atoms with van der Waals surface area (Å²) in [5.41, 5.74) is 9.48. The number of amides is 1. The number of aryl methyl sites for hydroxylation is 1. The number of aromatic nitrogens is 1. The van der Waals surface area contributed by atoms with Crippen LogP contribution in [-0.2, 0) is 17.8 Å². The molecule has 0 saturated heterocycles. The van der Waals surface area contributed by atoms with Crippen LogP contribution in [0.1, 0.15) is 16.1 Å². The van der Waals surface area contributed by atoms with Crippen LogP contribution in [0.4, 0.5) is 0 Å². The van der Waals surface area contributed by atoms with E-state index in [1.807, 2.05) is 6.92 Å². The Morgan fingerprint density at radius 3 is 2.75 bits per heavy atom. The quantitative estimate of drug-likeness (QED) is 0.775. The first-order valence-corrected chi connectivity index (χ1v) is 7.14. The van der Waals surface area contributed by atoms with Gasteiger partial charge >= 0.3 is 0 Å².